The fraction of sp³-hybridized carbons (Fsp3) is 0.292. The van der Waals surface area contributed by atoms with E-state index in [2.05, 4.69) is 35.2 Å². The van der Waals surface area contributed by atoms with Crippen LogP contribution in [0.25, 0.3) is 10.8 Å². The third-order valence-electron chi connectivity index (χ3n) is 5.91. The summed E-state index contributed by atoms with van der Waals surface area (Å²) >= 11 is 0. The standard InChI is InChI=1S/C24H24N2O2/c1-2-28-19-13-11-17(12-14-19)21-10-5-15-25(21)16-26-22-9-4-7-18-6-3-8-20(23(18)22)24(26)27/h3-4,6-9,11-14,21H,2,5,10,15-16H2,1H3/t21-/m1/s1. The summed E-state index contributed by atoms with van der Waals surface area (Å²) < 4.78 is 5.57. The van der Waals surface area contributed by atoms with E-state index in [9.17, 15) is 4.79 Å². The van der Waals surface area contributed by atoms with Crippen LogP contribution < -0.4 is 9.64 Å². The van der Waals surface area contributed by atoms with Crippen LogP contribution in [-0.4, -0.2) is 30.6 Å². The molecule has 0 spiro atoms. The van der Waals surface area contributed by atoms with E-state index in [-0.39, 0.29) is 5.91 Å². The molecule has 0 unspecified atom stereocenters. The fourth-order valence-corrected chi connectivity index (χ4v) is 4.63. The summed E-state index contributed by atoms with van der Waals surface area (Å²) in [4.78, 5) is 17.5. The van der Waals surface area contributed by atoms with E-state index in [0.29, 0.717) is 19.3 Å². The topological polar surface area (TPSA) is 32.8 Å². The van der Waals surface area contributed by atoms with E-state index in [0.717, 1.165) is 47.2 Å². The number of carbonyl (C=O) groups excluding carboxylic acids is 1. The van der Waals surface area contributed by atoms with Gasteiger partial charge < -0.3 is 4.74 Å². The number of carbonyl (C=O) groups is 1. The third kappa shape index (κ3) is 2.76. The third-order valence-corrected chi connectivity index (χ3v) is 5.91. The Morgan fingerprint density at radius 1 is 1.04 bits per heavy atom. The van der Waals surface area contributed by atoms with Gasteiger partial charge in [-0.25, -0.2) is 0 Å². The van der Waals surface area contributed by atoms with E-state index in [1.807, 2.05) is 42.2 Å². The molecule has 0 N–H and O–H groups in total. The number of nitrogens with zero attached hydrogens (tertiary/aromatic N) is 2. The molecule has 1 saturated heterocycles. The van der Waals surface area contributed by atoms with Crippen molar-refractivity contribution >= 4 is 22.4 Å². The highest BCUT2D eigenvalue weighted by Crippen LogP contribution is 2.39. The van der Waals surface area contributed by atoms with Crippen LogP contribution >= 0.6 is 0 Å². The number of benzene rings is 3. The van der Waals surface area contributed by atoms with Gasteiger partial charge in [-0.05, 0) is 55.0 Å². The summed E-state index contributed by atoms with van der Waals surface area (Å²) in [7, 11) is 0. The van der Waals surface area contributed by atoms with Gasteiger partial charge in [0.15, 0.2) is 0 Å². The molecule has 2 heterocycles. The van der Waals surface area contributed by atoms with Crippen molar-refractivity contribution in [3.8, 4) is 5.75 Å². The molecule has 0 aromatic heterocycles. The number of hydrogen-bond donors (Lipinski definition) is 0. The van der Waals surface area contributed by atoms with Gasteiger partial charge in [0.25, 0.3) is 5.91 Å². The molecule has 5 rings (SSSR count). The second-order valence-corrected chi connectivity index (χ2v) is 7.53. The zero-order valence-electron chi connectivity index (χ0n) is 16.1. The number of ether oxygens (including phenoxy) is 1. The minimum Gasteiger partial charge on any atom is -0.494 e. The highest BCUT2D eigenvalue weighted by molar-refractivity contribution is 6.24. The Morgan fingerprint density at radius 3 is 2.61 bits per heavy atom. The lowest BCUT2D eigenvalue weighted by atomic mass is 10.0. The minimum absolute atomic E-state index is 0.115. The van der Waals surface area contributed by atoms with Crippen molar-refractivity contribution in [2.24, 2.45) is 0 Å². The molecule has 0 bridgehead atoms. The van der Waals surface area contributed by atoms with Crippen LogP contribution in [-0.2, 0) is 0 Å². The predicted octanol–water partition coefficient (Wildman–Crippen LogP) is 4.99. The molecule has 1 atom stereocenters. The molecule has 2 aliphatic heterocycles. The maximum Gasteiger partial charge on any atom is 0.260 e. The van der Waals surface area contributed by atoms with E-state index >= 15 is 0 Å². The normalized spacial score (nSPS) is 19.0. The molecule has 4 nitrogen and oxygen atoms in total. The average molecular weight is 372 g/mol. The van der Waals surface area contributed by atoms with Gasteiger partial charge in [0.1, 0.15) is 5.75 Å². The minimum atomic E-state index is 0.115. The maximum absolute atomic E-state index is 13.1. The molecular formula is C24H24N2O2. The molecule has 4 heteroatoms. The first kappa shape index (κ1) is 17.3. The zero-order valence-corrected chi connectivity index (χ0v) is 16.1. The first-order valence-corrected chi connectivity index (χ1v) is 10.1. The van der Waals surface area contributed by atoms with Crippen LogP contribution in [0.2, 0.25) is 0 Å². The van der Waals surface area contributed by atoms with Gasteiger partial charge >= 0.3 is 0 Å². The Balaban J connectivity index is 1.41. The Kier molecular flexibility index (Phi) is 4.29. The van der Waals surface area contributed by atoms with E-state index in [4.69, 9.17) is 4.74 Å². The lowest BCUT2D eigenvalue weighted by Gasteiger charge is -2.30. The summed E-state index contributed by atoms with van der Waals surface area (Å²) in [6, 6.07) is 21.0. The largest absolute Gasteiger partial charge is 0.494 e. The molecule has 0 radical (unpaired) electrons. The van der Waals surface area contributed by atoms with Gasteiger partial charge in [-0.15, -0.1) is 0 Å². The predicted molar refractivity (Wildman–Crippen MR) is 112 cm³/mol. The van der Waals surface area contributed by atoms with Crippen molar-refractivity contribution in [3.05, 3.63) is 71.8 Å². The van der Waals surface area contributed by atoms with Gasteiger partial charge in [0.2, 0.25) is 0 Å². The van der Waals surface area contributed by atoms with Crippen LogP contribution in [0.5, 0.6) is 5.75 Å². The van der Waals surface area contributed by atoms with Crippen LogP contribution in [0, 0.1) is 0 Å². The number of anilines is 1. The summed E-state index contributed by atoms with van der Waals surface area (Å²) in [6.07, 6.45) is 2.27. The maximum atomic E-state index is 13.1. The van der Waals surface area contributed by atoms with E-state index in [1.54, 1.807) is 0 Å². The molecule has 28 heavy (non-hydrogen) atoms. The van der Waals surface area contributed by atoms with Crippen molar-refractivity contribution in [2.75, 3.05) is 24.7 Å². The van der Waals surface area contributed by atoms with E-state index in [1.165, 1.54) is 5.56 Å². The van der Waals surface area contributed by atoms with Crippen molar-refractivity contribution < 1.29 is 9.53 Å². The monoisotopic (exact) mass is 372 g/mol. The van der Waals surface area contributed by atoms with E-state index < -0.39 is 0 Å². The van der Waals surface area contributed by atoms with Gasteiger partial charge in [0.05, 0.1) is 19.0 Å². The summed E-state index contributed by atoms with van der Waals surface area (Å²) in [5.41, 5.74) is 3.16. The molecule has 3 aromatic rings. The molecular weight excluding hydrogens is 348 g/mol. The highest BCUT2D eigenvalue weighted by atomic mass is 16.5. The molecule has 1 fully saturated rings. The Labute approximate surface area is 165 Å². The van der Waals surface area contributed by atoms with Gasteiger partial charge in [-0.1, -0.05) is 36.4 Å². The SMILES string of the molecule is CCOc1ccc([C@H]2CCCN2CN2C(=O)c3cccc4cccc2c34)cc1. The zero-order chi connectivity index (χ0) is 19.1. The molecule has 0 aliphatic carbocycles. The Hall–Kier alpha value is -2.85. The molecule has 142 valence electrons. The Bertz CT molecular complexity index is 1020. The van der Waals surface area contributed by atoms with Crippen molar-refractivity contribution in [2.45, 2.75) is 25.8 Å². The van der Waals surface area contributed by atoms with Crippen molar-refractivity contribution in [3.63, 3.8) is 0 Å². The van der Waals surface area contributed by atoms with Crippen molar-refractivity contribution in [1.29, 1.82) is 0 Å². The van der Waals surface area contributed by atoms with Gasteiger partial charge in [-0.2, -0.15) is 0 Å². The Morgan fingerprint density at radius 2 is 1.82 bits per heavy atom. The number of amides is 1. The quantitative estimate of drug-likeness (QED) is 0.632. The molecule has 2 aliphatic rings. The first-order valence-electron chi connectivity index (χ1n) is 10.1. The highest BCUT2D eigenvalue weighted by Gasteiger charge is 2.34. The fourth-order valence-electron chi connectivity index (χ4n) is 4.63. The molecule has 0 saturated carbocycles. The van der Waals surface area contributed by atoms with Gasteiger partial charge in [-0.3, -0.25) is 14.6 Å². The second kappa shape index (κ2) is 6.95. The van der Waals surface area contributed by atoms with Crippen LogP contribution in [0.1, 0.15) is 41.7 Å². The lowest BCUT2D eigenvalue weighted by Crippen LogP contribution is -2.39. The average Bonchev–Trinajstić information content (AvgIpc) is 3.29. The van der Waals surface area contributed by atoms with Crippen molar-refractivity contribution in [1.82, 2.24) is 4.90 Å². The summed E-state index contributed by atoms with van der Waals surface area (Å²) in [5.74, 6) is 1.02. The smallest absolute Gasteiger partial charge is 0.260 e. The lowest BCUT2D eigenvalue weighted by molar-refractivity contribution is 0.0971. The van der Waals surface area contributed by atoms with Crippen LogP contribution in [0.15, 0.2) is 60.7 Å². The molecule has 3 aromatic carbocycles. The number of likely N-dealkylation sites (tertiary alicyclic amines) is 1. The van der Waals surface area contributed by atoms with Crippen LogP contribution in [0.3, 0.4) is 0 Å². The number of hydrogen-bond acceptors (Lipinski definition) is 3. The second-order valence-electron chi connectivity index (χ2n) is 7.53. The first-order chi connectivity index (χ1) is 13.8. The summed E-state index contributed by atoms with van der Waals surface area (Å²) in [6.45, 7) is 4.31. The number of rotatable bonds is 5. The molecule has 1 amide bonds. The summed E-state index contributed by atoms with van der Waals surface area (Å²) in [5, 5.41) is 2.22. The van der Waals surface area contributed by atoms with Crippen LogP contribution in [0.4, 0.5) is 5.69 Å². The van der Waals surface area contributed by atoms with Gasteiger partial charge in [0, 0.05) is 23.5 Å².